The molecule has 1 heterocycles. The van der Waals surface area contributed by atoms with Crippen LogP contribution in [0, 0.1) is 0 Å². The van der Waals surface area contributed by atoms with Gasteiger partial charge in [0.1, 0.15) is 5.75 Å². The minimum absolute atomic E-state index is 0.0565. The van der Waals surface area contributed by atoms with E-state index in [-0.39, 0.29) is 11.9 Å². The zero-order valence-corrected chi connectivity index (χ0v) is 14.1. The number of benzene rings is 2. The lowest BCUT2D eigenvalue weighted by molar-refractivity contribution is 0.0898. The monoisotopic (exact) mass is 324 g/mol. The van der Waals surface area contributed by atoms with Gasteiger partial charge in [0.05, 0.1) is 12.7 Å². The van der Waals surface area contributed by atoms with Crippen molar-refractivity contribution >= 4 is 5.91 Å². The second kappa shape index (κ2) is 7.97. The fraction of sp³-hybridized carbons (Fsp3) is 0.350. The van der Waals surface area contributed by atoms with Crippen LogP contribution in [0.3, 0.4) is 0 Å². The lowest BCUT2D eigenvalue weighted by Gasteiger charge is -2.33. The summed E-state index contributed by atoms with van der Waals surface area (Å²) in [5.41, 5.74) is 1.91. The first kappa shape index (κ1) is 16.5. The first-order chi connectivity index (χ1) is 11.8. The van der Waals surface area contributed by atoms with E-state index in [1.807, 2.05) is 24.3 Å². The Bertz CT molecular complexity index is 672. The Morgan fingerprint density at radius 3 is 2.71 bits per heavy atom. The van der Waals surface area contributed by atoms with Crippen LogP contribution >= 0.6 is 0 Å². The Morgan fingerprint density at radius 2 is 1.92 bits per heavy atom. The molecule has 1 N–H and O–H groups in total. The standard InChI is InChI=1S/C20H24N2O2/c1-24-19-12-6-5-11-18(19)20(23)21-17-10-7-13-22(15-17)14-16-8-3-2-4-9-16/h2-6,8-9,11-12,17H,7,10,13-15H2,1H3,(H,21,23)/t17-/m1/s1. The predicted octanol–water partition coefficient (Wildman–Crippen LogP) is 3.09. The fourth-order valence-electron chi connectivity index (χ4n) is 3.25. The molecule has 1 amide bonds. The molecule has 0 unspecified atom stereocenters. The van der Waals surface area contributed by atoms with Crippen molar-refractivity contribution in [2.45, 2.75) is 25.4 Å². The van der Waals surface area contributed by atoms with Gasteiger partial charge in [-0.05, 0) is 37.1 Å². The number of hydrogen-bond acceptors (Lipinski definition) is 3. The number of ether oxygens (including phenoxy) is 1. The number of hydrogen-bond donors (Lipinski definition) is 1. The molecule has 0 saturated carbocycles. The van der Waals surface area contributed by atoms with Gasteiger partial charge in [0.15, 0.2) is 0 Å². The molecule has 126 valence electrons. The van der Waals surface area contributed by atoms with E-state index >= 15 is 0 Å². The van der Waals surface area contributed by atoms with Crippen molar-refractivity contribution in [1.29, 1.82) is 0 Å². The van der Waals surface area contributed by atoms with E-state index in [0.717, 1.165) is 32.5 Å². The number of nitrogens with one attached hydrogen (secondary N) is 1. The van der Waals surface area contributed by atoms with Gasteiger partial charge in [-0.3, -0.25) is 9.69 Å². The van der Waals surface area contributed by atoms with Gasteiger partial charge in [0.25, 0.3) is 5.91 Å². The SMILES string of the molecule is COc1ccccc1C(=O)N[C@@H]1CCCN(Cc2ccccc2)C1. The van der Waals surface area contributed by atoms with E-state index in [2.05, 4.69) is 34.5 Å². The van der Waals surface area contributed by atoms with Crippen molar-refractivity contribution in [3.05, 3.63) is 65.7 Å². The van der Waals surface area contributed by atoms with Crippen LogP contribution in [-0.2, 0) is 6.54 Å². The number of piperidine rings is 1. The van der Waals surface area contributed by atoms with E-state index in [1.54, 1.807) is 13.2 Å². The van der Waals surface area contributed by atoms with Gasteiger partial charge in [-0.25, -0.2) is 0 Å². The summed E-state index contributed by atoms with van der Waals surface area (Å²) in [5.74, 6) is 0.561. The largest absolute Gasteiger partial charge is 0.496 e. The van der Waals surface area contributed by atoms with Gasteiger partial charge in [0.2, 0.25) is 0 Å². The van der Waals surface area contributed by atoms with Gasteiger partial charge in [0, 0.05) is 19.1 Å². The van der Waals surface area contributed by atoms with Gasteiger partial charge >= 0.3 is 0 Å². The van der Waals surface area contributed by atoms with Gasteiger partial charge in [-0.2, -0.15) is 0 Å². The van der Waals surface area contributed by atoms with Crippen LogP contribution in [0.1, 0.15) is 28.8 Å². The molecule has 3 rings (SSSR count). The molecule has 4 nitrogen and oxygen atoms in total. The zero-order chi connectivity index (χ0) is 16.8. The molecule has 24 heavy (non-hydrogen) atoms. The Kier molecular flexibility index (Phi) is 5.49. The number of carbonyl (C=O) groups is 1. The van der Waals surface area contributed by atoms with Crippen molar-refractivity contribution in [3.63, 3.8) is 0 Å². The number of amides is 1. The van der Waals surface area contributed by atoms with E-state index in [4.69, 9.17) is 4.74 Å². The molecule has 1 fully saturated rings. The summed E-state index contributed by atoms with van der Waals surface area (Å²) in [4.78, 5) is 15.0. The maximum Gasteiger partial charge on any atom is 0.255 e. The highest BCUT2D eigenvalue weighted by molar-refractivity contribution is 5.97. The first-order valence-electron chi connectivity index (χ1n) is 8.46. The quantitative estimate of drug-likeness (QED) is 0.919. The van der Waals surface area contributed by atoms with Crippen LogP contribution in [-0.4, -0.2) is 37.0 Å². The Morgan fingerprint density at radius 1 is 1.17 bits per heavy atom. The Hall–Kier alpha value is -2.33. The van der Waals surface area contributed by atoms with E-state index < -0.39 is 0 Å². The van der Waals surface area contributed by atoms with Crippen LogP contribution in [0.15, 0.2) is 54.6 Å². The normalized spacial score (nSPS) is 18.1. The highest BCUT2D eigenvalue weighted by Crippen LogP contribution is 2.19. The van der Waals surface area contributed by atoms with Crippen molar-refractivity contribution < 1.29 is 9.53 Å². The maximum absolute atomic E-state index is 12.5. The maximum atomic E-state index is 12.5. The first-order valence-corrected chi connectivity index (χ1v) is 8.46. The molecule has 0 radical (unpaired) electrons. The Labute approximate surface area is 143 Å². The number of likely N-dealkylation sites (tertiary alicyclic amines) is 1. The number of rotatable bonds is 5. The van der Waals surface area contributed by atoms with E-state index in [0.29, 0.717) is 11.3 Å². The zero-order valence-electron chi connectivity index (χ0n) is 14.1. The summed E-state index contributed by atoms with van der Waals surface area (Å²) < 4.78 is 5.28. The molecule has 4 heteroatoms. The minimum Gasteiger partial charge on any atom is -0.496 e. The molecule has 0 spiro atoms. The Balaban J connectivity index is 1.60. The van der Waals surface area contributed by atoms with E-state index in [9.17, 15) is 4.79 Å². The minimum atomic E-state index is -0.0565. The van der Waals surface area contributed by atoms with Crippen LogP contribution in [0.5, 0.6) is 5.75 Å². The number of carbonyl (C=O) groups excluding carboxylic acids is 1. The second-order valence-electron chi connectivity index (χ2n) is 6.23. The third kappa shape index (κ3) is 4.15. The number of para-hydroxylation sites is 1. The molecule has 1 saturated heterocycles. The average molecular weight is 324 g/mol. The highest BCUT2D eigenvalue weighted by atomic mass is 16.5. The number of methoxy groups -OCH3 is 1. The van der Waals surface area contributed by atoms with Gasteiger partial charge in [-0.1, -0.05) is 42.5 Å². The topological polar surface area (TPSA) is 41.6 Å². The molecule has 2 aromatic rings. The van der Waals surface area contributed by atoms with E-state index in [1.165, 1.54) is 5.56 Å². The molecule has 2 aromatic carbocycles. The summed E-state index contributed by atoms with van der Waals surface area (Å²) in [5, 5.41) is 3.17. The third-order valence-corrected chi connectivity index (χ3v) is 4.44. The summed E-state index contributed by atoms with van der Waals surface area (Å²) in [6, 6.07) is 18.0. The lowest BCUT2D eigenvalue weighted by atomic mass is 10.0. The predicted molar refractivity (Wildman–Crippen MR) is 95.2 cm³/mol. The van der Waals surface area contributed by atoms with Crippen molar-refractivity contribution in [3.8, 4) is 5.75 Å². The molecular formula is C20H24N2O2. The average Bonchev–Trinajstić information content (AvgIpc) is 2.63. The van der Waals surface area contributed by atoms with Crippen LogP contribution in [0.4, 0.5) is 0 Å². The third-order valence-electron chi connectivity index (χ3n) is 4.44. The summed E-state index contributed by atoms with van der Waals surface area (Å²) in [6.07, 6.45) is 2.12. The lowest BCUT2D eigenvalue weighted by Crippen LogP contribution is -2.47. The van der Waals surface area contributed by atoms with Crippen LogP contribution in [0.2, 0.25) is 0 Å². The van der Waals surface area contributed by atoms with Crippen molar-refractivity contribution in [1.82, 2.24) is 10.2 Å². The smallest absolute Gasteiger partial charge is 0.255 e. The molecule has 1 aliphatic rings. The van der Waals surface area contributed by atoms with Crippen molar-refractivity contribution in [2.75, 3.05) is 20.2 Å². The molecular weight excluding hydrogens is 300 g/mol. The second-order valence-corrected chi connectivity index (χ2v) is 6.23. The van der Waals surface area contributed by atoms with Gasteiger partial charge < -0.3 is 10.1 Å². The van der Waals surface area contributed by atoms with Crippen LogP contribution in [0.25, 0.3) is 0 Å². The van der Waals surface area contributed by atoms with Crippen LogP contribution < -0.4 is 10.1 Å². The molecule has 0 bridgehead atoms. The van der Waals surface area contributed by atoms with Gasteiger partial charge in [-0.15, -0.1) is 0 Å². The summed E-state index contributed by atoms with van der Waals surface area (Å²) in [6.45, 7) is 2.90. The summed E-state index contributed by atoms with van der Waals surface area (Å²) in [7, 11) is 1.59. The molecule has 1 atom stereocenters. The van der Waals surface area contributed by atoms with Crippen molar-refractivity contribution in [2.24, 2.45) is 0 Å². The fourth-order valence-corrected chi connectivity index (χ4v) is 3.25. The number of nitrogens with zero attached hydrogens (tertiary/aromatic N) is 1. The molecule has 1 aliphatic heterocycles. The highest BCUT2D eigenvalue weighted by Gasteiger charge is 2.22. The summed E-state index contributed by atoms with van der Waals surface area (Å²) >= 11 is 0. The molecule has 0 aromatic heterocycles. The molecule has 0 aliphatic carbocycles.